The van der Waals surface area contributed by atoms with Gasteiger partial charge in [-0.15, -0.1) is 0 Å². The van der Waals surface area contributed by atoms with Gasteiger partial charge in [-0.3, -0.25) is 0 Å². The highest BCUT2D eigenvalue weighted by atomic mass is 19.1. The van der Waals surface area contributed by atoms with E-state index in [1.807, 2.05) is 16.4 Å². The van der Waals surface area contributed by atoms with Gasteiger partial charge in [-0.2, -0.15) is 0 Å². The Labute approximate surface area is 143 Å². The highest BCUT2D eigenvalue weighted by Gasteiger charge is 2.23. The molecule has 1 aromatic carbocycles. The summed E-state index contributed by atoms with van der Waals surface area (Å²) in [7, 11) is 0. The highest BCUT2D eigenvalue weighted by molar-refractivity contribution is 5.83. The number of fused-ring (bicyclic) bond motifs is 1. The molecule has 0 radical (unpaired) electrons. The number of aromatic nitrogens is 4. The van der Waals surface area contributed by atoms with Crippen LogP contribution in [0, 0.1) is 11.6 Å². The third kappa shape index (κ3) is 2.77. The summed E-state index contributed by atoms with van der Waals surface area (Å²) in [4.78, 5) is 17.1. The number of anilines is 2. The van der Waals surface area contributed by atoms with Gasteiger partial charge in [0.15, 0.2) is 17.0 Å². The van der Waals surface area contributed by atoms with E-state index >= 15 is 0 Å². The lowest BCUT2D eigenvalue weighted by atomic mass is 10.2. The van der Waals surface area contributed by atoms with Crippen molar-refractivity contribution in [2.75, 3.05) is 36.0 Å². The smallest absolute Gasteiger partial charge is 0.165 e. The van der Waals surface area contributed by atoms with E-state index in [1.165, 1.54) is 12.1 Å². The van der Waals surface area contributed by atoms with Crippen LogP contribution in [0.5, 0.6) is 0 Å². The largest absolute Gasteiger partial charge is 0.366 e. The van der Waals surface area contributed by atoms with Crippen molar-refractivity contribution in [1.82, 2.24) is 19.5 Å². The van der Waals surface area contributed by atoms with Gasteiger partial charge in [0.25, 0.3) is 0 Å². The van der Waals surface area contributed by atoms with E-state index in [4.69, 9.17) is 0 Å². The first kappa shape index (κ1) is 15.7. The maximum Gasteiger partial charge on any atom is 0.165 e. The summed E-state index contributed by atoms with van der Waals surface area (Å²) in [5.41, 5.74) is 1.89. The highest BCUT2D eigenvalue weighted by Crippen LogP contribution is 2.26. The zero-order valence-electron chi connectivity index (χ0n) is 13.9. The topological polar surface area (TPSA) is 50.1 Å². The first-order chi connectivity index (χ1) is 12.2. The molecule has 0 spiro atoms. The van der Waals surface area contributed by atoms with Crippen LogP contribution in [0.3, 0.4) is 0 Å². The molecule has 4 rings (SSSR count). The summed E-state index contributed by atoms with van der Waals surface area (Å²) < 4.78 is 29.4. The third-order valence-corrected chi connectivity index (χ3v) is 4.55. The SMILES string of the molecule is CCn1cnc2c(N3CCN(c4cc(F)ccc4F)CC3)ncnc21. The number of imidazole rings is 1. The lowest BCUT2D eigenvalue weighted by molar-refractivity contribution is 0.579. The molecular weight excluding hydrogens is 326 g/mol. The Bertz CT molecular complexity index is 901. The second-order valence-corrected chi connectivity index (χ2v) is 5.97. The molecule has 1 saturated heterocycles. The van der Waals surface area contributed by atoms with Crippen LogP contribution < -0.4 is 9.80 Å². The Kier molecular flexibility index (Phi) is 3.95. The van der Waals surface area contributed by atoms with Crippen molar-refractivity contribution in [3.8, 4) is 0 Å². The van der Waals surface area contributed by atoms with Crippen molar-refractivity contribution in [3.05, 3.63) is 42.5 Å². The fourth-order valence-electron chi connectivity index (χ4n) is 3.22. The molecule has 2 aromatic heterocycles. The molecule has 0 N–H and O–H groups in total. The Morgan fingerprint density at radius 3 is 2.52 bits per heavy atom. The van der Waals surface area contributed by atoms with Crippen molar-refractivity contribution >= 4 is 22.7 Å². The van der Waals surface area contributed by atoms with Gasteiger partial charge in [-0.1, -0.05) is 0 Å². The zero-order chi connectivity index (χ0) is 17.4. The van der Waals surface area contributed by atoms with Crippen LogP contribution in [0.25, 0.3) is 11.2 Å². The number of halogens is 2. The first-order valence-electron chi connectivity index (χ1n) is 8.28. The predicted molar refractivity (Wildman–Crippen MR) is 91.8 cm³/mol. The number of aryl methyl sites for hydroxylation is 1. The van der Waals surface area contributed by atoms with E-state index in [9.17, 15) is 8.78 Å². The van der Waals surface area contributed by atoms with Crippen molar-refractivity contribution in [3.63, 3.8) is 0 Å². The fraction of sp³-hybridized carbons (Fsp3) is 0.353. The standard InChI is InChI=1S/C17H18F2N6/c1-2-23-11-22-15-16(23)20-10-21-17(15)25-7-5-24(6-8-25)14-9-12(18)3-4-13(14)19/h3-4,9-11H,2,5-8H2,1H3. The lowest BCUT2D eigenvalue weighted by Crippen LogP contribution is -2.47. The van der Waals surface area contributed by atoms with E-state index in [-0.39, 0.29) is 0 Å². The molecule has 0 amide bonds. The average molecular weight is 344 g/mol. The number of hydrogen-bond donors (Lipinski definition) is 0. The Morgan fingerprint density at radius 2 is 1.76 bits per heavy atom. The molecule has 1 aliphatic heterocycles. The van der Waals surface area contributed by atoms with Crippen LogP contribution in [0.1, 0.15) is 6.92 Å². The molecule has 0 unspecified atom stereocenters. The van der Waals surface area contributed by atoms with Crippen LogP contribution in [-0.4, -0.2) is 45.7 Å². The summed E-state index contributed by atoms with van der Waals surface area (Å²) in [6.07, 6.45) is 3.31. The fourth-order valence-corrected chi connectivity index (χ4v) is 3.22. The minimum Gasteiger partial charge on any atom is -0.366 e. The van der Waals surface area contributed by atoms with Crippen LogP contribution in [0.15, 0.2) is 30.9 Å². The number of benzene rings is 1. The van der Waals surface area contributed by atoms with E-state index in [0.717, 1.165) is 29.6 Å². The molecule has 130 valence electrons. The molecule has 1 aliphatic rings. The summed E-state index contributed by atoms with van der Waals surface area (Å²) in [5, 5.41) is 0. The number of hydrogen-bond acceptors (Lipinski definition) is 5. The van der Waals surface area contributed by atoms with Gasteiger partial charge in [0.2, 0.25) is 0 Å². The Morgan fingerprint density at radius 1 is 1.00 bits per heavy atom. The van der Waals surface area contributed by atoms with Crippen LogP contribution >= 0.6 is 0 Å². The van der Waals surface area contributed by atoms with Crippen molar-refractivity contribution in [1.29, 1.82) is 0 Å². The number of piperazine rings is 1. The minimum absolute atomic E-state index is 0.308. The van der Waals surface area contributed by atoms with Crippen LogP contribution in [0.2, 0.25) is 0 Å². The van der Waals surface area contributed by atoms with E-state index in [1.54, 1.807) is 12.7 Å². The second kappa shape index (κ2) is 6.27. The molecule has 0 aliphatic carbocycles. The summed E-state index contributed by atoms with van der Waals surface area (Å²) in [5.74, 6) is -0.0426. The van der Waals surface area contributed by atoms with Gasteiger partial charge < -0.3 is 14.4 Å². The average Bonchev–Trinajstić information content (AvgIpc) is 3.07. The maximum atomic E-state index is 14.0. The molecule has 3 heterocycles. The molecule has 3 aromatic rings. The van der Waals surface area contributed by atoms with Crippen molar-refractivity contribution in [2.45, 2.75) is 13.5 Å². The minimum atomic E-state index is -0.429. The lowest BCUT2D eigenvalue weighted by Gasteiger charge is -2.36. The van der Waals surface area contributed by atoms with Gasteiger partial charge in [-0.25, -0.2) is 23.7 Å². The van der Waals surface area contributed by atoms with Gasteiger partial charge >= 0.3 is 0 Å². The monoisotopic (exact) mass is 344 g/mol. The van der Waals surface area contributed by atoms with Gasteiger partial charge in [0.1, 0.15) is 18.0 Å². The van der Waals surface area contributed by atoms with E-state index in [2.05, 4.69) is 19.9 Å². The molecule has 1 fully saturated rings. The number of rotatable bonds is 3. The molecular formula is C17H18F2N6. The second-order valence-electron chi connectivity index (χ2n) is 5.97. The number of nitrogens with zero attached hydrogens (tertiary/aromatic N) is 6. The van der Waals surface area contributed by atoms with Crippen molar-refractivity contribution in [2.24, 2.45) is 0 Å². The molecule has 0 atom stereocenters. The molecule has 0 saturated carbocycles. The third-order valence-electron chi connectivity index (χ3n) is 4.55. The molecule has 0 bridgehead atoms. The van der Waals surface area contributed by atoms with E-state index in [0.29, 0.717) is 31.9 Å². The van der Waals surface area contributed by atoms with Gasteiger partial charge in [0, 0.05) is 38.8 Å². The first-order valence-corrected chi connectivity index (χ1v) is 8.28. The summed E-state index contributed by atoms with van der Waals surface area (Å²) >= 11 is 0. The summed E-state index contributed by atoms with van der Waals surface area (Å²) in [6.45, 7) is 5.30. The predicted octanol–water partition coefficient (Wildman–Crippen LogP) is 2.45. The molecule has 25 heavy (non-hydrogen) atoms. The van der Waals surface area contributed by atoms with Crippen LogP contribution in [-0.2, 0) is 6.54 Å². The maximum absolute atomic E-state index is 14.0. The van der Waals surface area contributed by atoms with Crippen LogP contribution in [0.4, 0.5) is 20.3 Å². The Hall–Kier alpha value is -2.77. The van der Waals surface area contributed by atoms with Gasteiger partial charge in [-0.05, 0) is 19.1 Å². The Balaban J connectivity index is 1.56. The zero-order valence-corrected chi connectivity index (χ0v) is 13.9. The van der Waals surface area contributed by atoms with E-state index < -0.39 is 11.6 Å². The molecule has 6 nitrogen and oxygen atoms in total. The molecule has 8 heteroatoms. The quantitative estimate of drug-likeness (QED) is 0.730. The normalized spacial score (nSPS) is 15.2. The summed E-state index contributed by atoms with van der Waals surface area (Å²) in [6, 6.07) is 3.55. The van der Waals surface area contributed by atoms with Gasteiger partial charge in [0.05, 0.1) is 12.0 Å². The van der Waals surface area contributed by atoms with Crippen molar-refractivity contribution < 1.29 is 8.78 Å².